The van der Waals surface area contributed by atoms with E-state index in [0.717, 1.165) is 5.56 Å². The first-order chi connectivity index (χ1) is 9.70. The molecule has 2 aromatic rings. The molecule has 0 bridgehead atoms. The number of methoxy groups -OCH3 is 1. The first-order valence-corrected chi connectivity index (χ1v) is 7.02. The molecule has 0 amide bonds. The third-order valence-corrected chi connectivity index (χ3v) is 3.88. The Morgan fingerprint density at radius 3 is 2.90 bits per heavy atom. The Balaban J connectivity index is 1.97. The van der Waals surface area contributed by atoms with Crippen LogP contribution in [0.2, 0.25) is 0 Å². The number of nitrogens with two attached hydrogens (primary N) is 1. The first-order valence-electron chi connectivity index (χ1n) is 6.08. The number of hydrogen-bond acceptors (Lipinski definition) is 5. The molecule has 1 aromatic heterocycles. The molecule has 1 aromatic carbocycles. The van der Waals surface area contributed by atoms with Crippen molar-refractivity contribution in [2.24, 2.45) is 5.73 Å². The van der Waals surface area contributed by atoms with Crippen LogP contribution in [0, 0.1) is 0 Å². The van der Waals surface area contributed by atoms with Crippen LogP contribution in [0.4, 0.5) is 0 Å². The number of carbonyl (C=O) groups is 1. The van der Waals surface area contributed by atoms with Gasteiger partial charge < -0.3 is 15.2 Å². The predicted molar refractivity (Wildman–Crippen MR) is 77.3 cm³/mol. The molecule has 102 valence electrons. The zero-order valence-corrected chi connectivity index (χ0v) is 11.6. The van der Waals surface area contributed by atoms with E-state index in [9.17, 15) is 4.79 Å². The Labute approximate surface area is 120 Å². The molecule has 0 radical (unpaired) electrons. The summed E-state index contributed by atoms with van der Waals surface area (Å²) in [6.07, 6.45) is -0.637. The Kier molecular flexibility index (Phi) is 3.20. The Bertz CT molecular complexity index is 676. The monoisotopic (exact) mass is 287 g/mol. The molecule has 1 aliphatic heterocycles. The highest BCUT2D eigenvalue weighted by molar-refractivity contribution is 7.08. The summed E-state index contributed by atoms with van der Waals surface area (Å²) in [4.78, 5) is 12.5. The van der Waals surface area contributed by atoms with Crippen LogP contribution in [0.3, 0.4) is 0 Å². The summed E-state index contributed by atoms with van der Waals surface area (Å²) in [7, 11) is 1.58. The molecular formula is C15H13NO3S. The van der Waals surface area contributed by atoms with Gasteiger partial charge in [-0.3, -0.25) is 4.79 Å². The number of benzene rings is 1. The van der Waals surface area contributed by atoms with Gasteiger partial charge >= 0.3 is 0 Å². The summed E-state index contributed by atoms with van der Waals surface area (Å²) >= 11 is 1.52. The summed E-state index contributed by atoms with van der Waals surface area (Å²) in [6.45, 7) is 0. The van der Waals surface area contributed by atoms with E-state index in [4.69, 9.17) is 15.2 Å². The van der Waals surface area contributed by atoms with Gasteiger partial charge in [0.25, 0.3) is 0 Å². The first kappa shape index (κ1) is 12.7. The highest BCUT2D eigenvalue weighted by Gasteiger charge is 2.36. The molecule has 4 nitrogen and oxygen atoms in total. The van der Waals surface area contributed by atoms with E-state index >= 15 is 0 Å². The zero-order valence-electron chi connectivity index (χ0n) is 10.8. The fourth-order valence-electron chi connectivity index (χ4n) is 2.20. The molecule has 0 aliphatic carbocycles. The molecule has 20 heavy (non-hydrogen) atoms. The number of ether oxygens (including phenoxy) is 2. The van der Waals surface area contributed by atoms with Crippen LogP contribution in [0.25, 0.3) is 5.57 Å². The maximum Gasteiger partial charge on any atom is 0.213 e. The molecule has 3 rings (SSSR count). The minimum absolute atomic E-state index is 0.117. The molecule has 0 spiro atoms. The average Bonchev–Trinajstić information content (AvgIpc) is 3.07. The molecule has 2 N–H and O–H groups in total. The number of hydrogen-bond donors (Lipinski definition) is 1. The topological polar surface area (TPSA) is 61.6 Å². The lowest BCUT2D eigenvalue weighted by atomic mass is 9.98. The fourth-order valence-corrected chi connectivity index (χ4v) is 2.87. The summed E-state index contributed by atoms with van der Waals surface area (Å²) in [5, 5.41) is 3.80. The minimum Gasteiger partial charge on any atom is -0.497 e. The standard InChI is InChI=1S/C15H13NO3S/c1-18-11-4-2-3-9(7-11)12-13(17)14(19-15(12)16)10-5-6-20-8-10/h2-8,14H,16H2,1H3. The van der Waals surface area contributed by atoms with Crippen molar-refractivity contribution in [3.05, 3.63) is 58.1 Å². The van der Waals surface area contributed by atoms with E-state index in [0.29, 0.717) is 16.9 Å². The van der Waals surface area contributed by atoms with Crippen LogP contribution >= 0.6 is 11.3 Å². The lowest BCUT2D eigenvalue weighted by Crippen LogP contribution is -2.08. The van der Waals surface area contributed by atoms with Gasteiger partial charge in [-0.25, -0.2) is 0 Å². The maximum atomic E-state index is 12.5. The van der Waals surface area contributed by atoms with Crippen LogP contribution in [-0.2, 0) is 9.53 Å². The molecule has 0 saturated heterocycles. The van der Waals surface area contributed by atoms with Gasteiger partial charge in [-0.15, -0.1) is 0 Å². The van der Waals surface area contributed by atoms with E-state index in [1.54, 1.807) is 13.2 Å². The largest absolute Gasteiger partial charge is 0.497 e. The average molecular weight is 287 g/mol. The molecule has 5 heteroatoms. The third-order valence-electron chi connectivity index (χ3n) is 3.18. The van der Waals surface area contributed by atoms with Crippen molar-refractivity contribution in [2.45, 2.75) is 6.10 Å². The van der Waals surface area contributed by atoms with E-state index in [1.165, 1.54) is 11.3 Å². The van der Waals surface area contributed by atoms with Crippen LogP contribution in [0.1, 0.15) is 17.2 Å². The molecule has 0 saturated carbocycles. The van der Waals surface area contributed by atoms with Gasteiger partial charge in [0.1, 0.15) is 5.75 Å². The highest BCUT2D eigenvalue weighted by Crippen LogP contribution is 2.37. The number of ketones is 1. The third kappa shape index (κ3) is 2.06. The van der Waals surface area contributed by atoms with E-state index in [1.807, 2.05) is 35.0 Å². The van der Waals surface area contributed by atoms with Crippen molar-refractivity contribution < 1.29 is 14.3 Å². The van der Waals surface area contributed by atoms with Gasteiger partial charge in [-0.05, 0) is 34.5 Å². The van der Waals surface area contributed by atoms with Crippen LogP contribution in [0.5, 0.6) is 5.75 Å². The minimum atomic E-state index is -0.637. The predicted octanol–water partition coefficient (Wildman–Crippen LogP) is 2.72. The van der Waals surface area contributed by atoms with Gasteiger partial charge in [0.05, 0.1) is 12.7 Å². The lowest BCUT2D eigenvalue weighted by Gasteiger charge is -2.07. The summed E-state index contributed by atoms with van der Waals surface area (Å²) < 4.78 is 10.7. The van der Waals surface area contributed by atoms with Crippen molar-refractivity contribution in [2.75, 3.05) is 7.11 Å². The van der Waals surface area contributed by atoms with Gasteiger partial charge in [0.2, 0.25) is 5.78 Å². The van der Waals surface area contributed by atoms with Crippen molar-refractivity contribution >= 4 is 22.7 Å². The Morgan fingerprint density at radius 1 is 1.35 bits per heavy atom. The Morgan fingerprint density at radius 2 is 2.20 bits per heavy atom. The van der Waals surface area contributed by atoms with Crippen molar-refractivity contribution in [1.82, 2.24) is 0 Å². The quantitative estimate of drug-likeness (QED) is 0.943. The second-order valence-electron chi connectivity index (χ2n) is 4.39. The van der Waals surface area contributed by atoms with Gasteiger partial charge in [0, 0.05) is 5.56 Å². The van der Waals surface area contributed by atoms with E-state index in [2.05, 4.69) is 0 Å². The van der Waals surface area contributed by atoms with Gasteiger partial charge in [0.15, 0.2) is 12.0 Å². The maximum absolute atomic E-state index is 12.5. The fraction of sp³-hybridized carbons (Fsp3) is 0.133. The number of rotatable bonds is 3. The molecule has 1 aliphatic rings. The van der Waals surface area contributed by atoms with Crippen LogP contribution < -0.4 is 10.5 Å². The summed E-state index contributed by atoms with van der Waals surface area (Å²) in [5.41, 5.74) is 7.85. The number of thiophene rings is 1. The van der Waals surface area contributed by atoms with Crippen LogP contribution in [-0.4, -0.2) is 12.9 Å². The lowest BCUT2D eigenvalue weighted by molar-refractivity contribution is -0.120. The van der Waals surface area contributed by atoms with E-state index in [-0.39, 0.29) is 11.7 Å². The van der Waals surface area contributed by atoms with E-state index < -0.39 is 6.10 Å². The summed E-state index contributed by atoms with van der Waals surface area (Å²) in [6, 6.07) is 9.10. The molecule has 0 fully saturated rings. The number of carbonyl (C=O) groups excluding carboxylic acids is 1. The molecular weight excluding hydrogens is 274 g/mol. The highest BCUT2D eigenvalue weighted by atomic mass is 32.1. The Hall–Kier alpha value is -2.27. The van der Waals surface area contributed by atoms with Crippen LogP contribution in [0.15, 0.2) is 47.0 Å². The van der Waals surface area contributed by atoms with Gasteiger partial charge in [-0.1, -0.05) is 12.1 Å². The van der Waals surface area contributed by atoms with Gasteiger partial charge in [-0.2, -0.15) is 11.3 Å². The second-order valence-corrected chi connectivity index (χ2v) is 5.17. The normalized spacial score (nSPS) is 18.2. The van der Waals surface area contributed by atoms with Crippen molar-refractivity contribution in [3.63, 3.8) is 0 Å². The molecule has 1 atom stereocenters. The molecule has 1 unspecified atom stereocenters. The zero-order chi connectivity index (χ0) is 14.1. The summed E-state index contributed by atoms with van der Waals surface area (Å²) in [5.74, 6) is 0.725. The van der Waals surface area contributed by atoms with Crippen molar-refractivity contribution in [1.29, 1.82) is 0 Å². The number of Topliss-reactive ketones (excluding diaryl/α,β-unsaturated/α-hetero) is 1. The molecule has 2 heterocycles. The smallest absolute Gasteiger partial charge is 0.213 e. The SMILES string of the molecule is COc1cccc(C2=C(N)OC(c3ccsc3)C2=O)c1. The van der Waals surface area contributed by atoms with Crippen molar-refractivity contribution in [3.8, 4) is 5.75 Å². The second kappa shape index (κ2) is 5.02.